The highest BCUT2D eigenvalue weighted by atomic mass is 19.1. The first-order chi connectivity index (χ1) is 17.9. The SMILES string of the molecule is CC(C)/C(N)=C(\Cc1ccc(/C=C/CC(=O)NCCC(N)=O)cc1)C(=N)OC1OC(CO)C(F)C(O)C1O. The number of hydrogen-bond donors (Lipinski definition) is 7. The van der Waals surface area contributed by atoms with Gasteiger partial charge in [-0.25, -0.2) is 4.39 Å². The number of nitrogens with two attached hydrogens (primary N) is 2. The van der Waals surface area contributed by atoms with Crippen molar-refractivity contribution in [2.24, 2.45) is 17.4 Å². The summed E-state index contributed by atoms with van der Waals surface area (Å²) in [7, 11) is 0. The Bertz CT molecular complexity index is 1030. The average Bonchev–Trinajstić information content (AvgIpc) is 2.87. The highest BCUT2D eigenvalue weighted by Crippen LogP contribution is 2.26. The van der Waals surface area contributed by atoms with Gasteiger partial charge in [-0.3, -0.25) is 15.0 Å². The molecule has 0 radical (unpaired) electrons. The van der Waals surface area contributed by atoms with Crippen LogP contribution in [0.25, 0.3) is 6.08 Å². The first-order valence-electron chi connectivity index (χ1n) is 12.3. The summed E-state index contributed by atoms with van der Waals surface area (Å²) >= 11 is 0. The second kappa shape index (κ2) is 14.6. The molecule has 1 aromatic carbocycles. The van der Waals surface area contributed by atoms with E-state index in [4.69, 9.17) is 26.4 Å². The van der Waals surface area contributed by atoms with E-state index >= 15 is 0 Å². The lowest BCUT2D eigenvalue weighted by Crippen LogP contribution is -2.58. The van der Waals surface area contributed by atoms with Gasteiger partial charge in [-0.1, -0.05) is 50.3 Å². The van der Waals surface area contributed by atoms with Crippen LogP contribution in [0, 0.1) is 11.3 Å². The molecular formula is C26H37FN4O7. The van der Waals surface area contributed by atoms with Crippen LogP contribution in [0.5, 0.6) is 0 Å². The van der Waals surface area contributed by atoms with E-state index < -0.39 is 49.2 Å². The minimum Gasteiger partial charge on any atom is -0.445 e. The molecule has 0 spiro atoms. The fourth-order valence-electron chi connectivity index (χ4n) is 3.64. The van der Waals surface area contributed by atoms with Crippen LogP contribution < -0.4 is 16.8 Å². The zero-order valence-corrected chi connectivity index (χ0v) is 21.5. The molecule has 2 amide bonds. The third-order valence-electron chi connectivity index (χ3n) is 5.95. The summed E-state index contributed by atoms with van der Waals surface area (Å²) in [5.74, 6) is -1.27. The lowest BCUT2D eigenvalue weighted by Gasteiger charge is -2.38. The molecule has 38 heavy (non-hydrogen) atoms. The molecule has 1 fully saturated rings. The number of carbonyl (C=O) groups excluding carboxylic acids is 2. The first-order valence-corrected chi connectivity index (χ1v) is 12.3. The number of primary amides is 1. The van der Waals surface area contributed by atoms with Gasteiger partial charge in [-0.15, -0.1) is 0 Å². The van der Waals surface area contributed by atoms with Crippen LogP contribution in [-0.2, 0) is 25.5 Å². The Morgan fingerprint density at radius 1 is 1.21 bits per heavy atom. The van der Waals surface area contributed by atoms with E-state index in [0.717, 1.165) is 11.1 Å². The van der Waals surface area contributed by atoms with Crippen molar-refractivity contribution in [1.82, 2.24) is 5.32 Å². The maximum Gasteiger partial charge on any atom is 0.231 e. The minimum absolute atomic E-state index is 0.0780. The fourth-order valence-corrected chi connectivity index (χ4v) is 3.64. The van der Waals surface area contributed by atoms with Gasteiger partial charge in [0.1, 0.15) is 18.3 Å². The van der Waals surface area contributed by atoms with Crippen LogP contribution in [0.4, 0.5) is 4.39 Å². The largest absolute Gasteiger partial charge is 0.445 e. The number of ether oxygens (including phenoxy) is 2. The molecule has 1 heterocycles. The zero-order valence-electron chi connectivity index (χ0n) is 21.5. The standard InChI is InChI=1S/C26H37FN4O7/c1-14(2)22(29)17(25(30)38-26-24(36)23(35)21(27)18(13-32)37-26)12-16-8-6-15(7-9-16)4-3-5-20(34)31-11-10-19(28)33/h3-4,6-9,14,18,21,23-24,26,30,32,35-36H,5,10-13,29H2,1-2H3,(H2,28,33)(H,31,34)/b4-3+,22-17-,30-25?. The number of rotatable bonds is 12. The van der Waals surface area contributed by atoms with Gasteiger partial charge in [0.25, 0.3) is 0 Å². The normalized spacial score (nSPS) is 24.2. The van der Waals surface area contributed by atoms with Crippen LogP contribution in [0.3, 0.4) is 0 Å². The molecular weight excluding hydrogens is 499 g/mol. The summed E-state index contributed by atoms with van der Waals surface area (Å²) < 4.78 is 24.7. The van der Waals surface area contributed by atoms with Gasteiger partial charge in [0.15, 0.2) is 6.17 Å². The smallest absolute Gasteiger partial charge is 0.231 e. The number of allylic oxidation sites excluding steroid dienone is 1. The molecule has 0 bridgehead atoms. The Labute approximate surface area is 220 Å². The lowest BCUT2D eigenvalue weighted by atomic mass is 9.97. The number of amides is 2. The molecule has 0 aliphatic carbocycles. The van der Waals surface area contributed by atoms with Crippen molar-refractivity contribution in [3.63, 3.8) is 0 Å². The molecule has 1 aliphatic rings. The van der Waals surface area contributed by atoms with Crippen molar-refractivity contribution in [3.8, 4) is 0 Å². The number of carbonyl (C=O) groups is 2. The summed E-state index contributed by atoms with van der Waals surface area (Å²) in [5, 5.41) is 40.5. The van der Waals surface area contributed by atoms with Crippen molar-refractivity contribution in [2.45, 2.75) is 63.9 Å². The molecule has 0 aromatic heterocycles. The summed E-state index contributed by atoms with van der Waals surface area (Å²) in [6.07, 6.45) is -4.75. The van der Waals surface area contributed by atoms with Gasteiger partial charge in [0.2, 0.25) is 24.0 Å². The van der Waals surface area contributed by atoms with Gasteiger partial charge in [-0.05, 0) is 17.0 Å². The van der Waals surface area contributed by atoms with Crippen LogP contribution in [-0.4, -0.2) is 77.0 Å². The number of nitrogens with one attached hydrogen (secondary N) is 2. The molecule has 12 heteroatoms. The van der Waals surface area contributed by atoms with Crippen molar-refractivity contribution in [3.05, 3.63) is 52.7 Å². The molecule has 1 aromatic rings. The number of benzene rings is 1. The maximum atomic E-state index is 14.0. The third-order valence-corrected chi connectivity index (χ3v) is 5.95. The molecule has 0 saturated carbocycles. The Hall–Kier alpha value is -3.32. The number of aliphatic hydroxyl groups excluding tert-OH is 3. The summed E-state index contributed by atoms with van der Waals surface area (Å²) in [6, 6.07) is 7.28. The number of alkyl halides is 1. The van der Waals surface area contributed by atoms with Crippen LogP contribution >= 0.6 is 0 Å². The van der Waals surface area contributed by atoms with E-state index in [0.29, 0.717) is 11.3 Å². The zero-order chi connectivity index (χ0) is 28.4. The fraction of sp³-hybridized carbons (Fsp3) is 0.500. The van der Waals surface area contributed by atoms with Gasteiger partial charge in [-0.2, -0.15) is 0 Å². The highest BCUT2D eigenvalue weighted by Gasteiger charge is 2.46. The Balaban J connectivity index is 2.06. The summed E-state index contributed by atoms with van der Waals surface area (Å²) in [6.45, 7) is 3.13. The predicted octanol–water partition coefficient (Wildman–Crippen LogP) is 0.264. The molecule has 2 rings (SSSR count). The van der Waals surface area contributed by atoms with Crippen molar-refractivity contribution in [2.75, 3.05) is 13.2 Å². The third kappa shape index (κ3) is 8.91. The molecule has 5 atom stereocenters. The predicted molar refractivity (Wildman–Crippen MR) is 138 cm³/mol. The van der Waals surface area contributed by atoms with Crippen LogP contribution in [0.2, 0.25) is 0 Å². The van der Waals surface area contributed by atoms with Gasteiger partial charge in [0, 0.05) is 37.1 Å². The van der Waals surface area contributed by atoms with E-state index in [1.54, 1.807) is 12.2 Å². The number of halogens is 1. The highest BCUT2D eigenvalue weighted by molar-refractivity contribution is 5.92. The van der Waals surface area contributed by atoms with Crippen molar-refractivity contribution < 1.29 is 38.8 Å². The van der Waals surface area contributed by atoms with Crippen LogP contribution in [0.15, 0.2) is 41.6 Å². The second-order valence-corrected chi connectivity index (χ2v) is 9.28. The van der Waals surface area contributed by atoms with E-state index in [1.807, 2.05) is 38.1 Å². The van der Waals surface area contributed by atoms with Crippen molar-refractivity contribution >= 4 is 23.8 Å². The first kappa shape index (κ1) is 30.9. The van der Waals surface area contributed by atoms with Gasteiger partial charge in [0.05, 0.1) is 6.61 Å². The van der Waals surface area contributed by atoms with E-state index in [9.17, 15) is 29.3 Å². The lowest BCUT2D eigenvalue weighted by molar-refractivity contribution is -0.269. The molecule has 1 saturated heterocycles. The molecule has 1 aliphatic heterocycles. The Morgan fingerprint density at radius 3 is 2.45 bits per heavy atom. The Kier molecular flexibility index (Phi) is 11.9. The summed E-state index contributed by atoms with van der Waals surface area (Å²) in [5.41, 5.74) is 13.6. The monoisotopic (exact) mass is 536 g/mol. The summed E-state index contributed by atoms with van der Waals surface area (Å²) in [4.78, 5) is 22.5. The topological polar surface area (TPSA) is 201 Å². The maximum absolute atomic E-state index is 14.0. The van der Waals surface area contributed by atoms with E-state index in [2.05, 4.69) is 5.32 Å². The molecule has 9 N–H and O–H groups in total. The minimum atomic E-state index is -2.01. The molecule has 210 valence electrons. The van der Waals surface area contributed by atoms with Crippen molar-refractivity contribution in [1.29, 1.82) is 5.41 Å². The van der Waals surface area contributed by atoms with E-state index in [-0.39, 0.29) is 37.6 Å². The molecule has 11 nitrogen and oxygen atoms in total. The second-order valence-electron chi connectivity index (χ2n) is 9.28. The molecule has 5 unspecified atom stereocenters. The van der Waals surface area contributed by atoms with E-state index in [1.165, 1.54) is 0 Å². The number of hydrogen-bond acceptors (Lipinski definition) is 9. The Morgan fingerprint density at radius 2 is 1.87 bits per heavy atom. The van der Waals surface area contributed by atoms with Crippen LogP contribution in [0.1, 0.15) is 37.8 Å². The number of aliphatic hydroxyl groups is 3. The average molecular weight is 537 g/mol. The van der Waals surface area contributed by atoms with Gasteiger partial charge >= 0.3 is 0 Å². The quantitative estimate of drug-likeness (QED) is 0.146. The van der Waals surface area contributed by atoms with Gasteiger partial charge < -0.3 is 41.6 Å².